The molecule has 0 bridgehead atoms. The third kappa shape index (κ3) is 3.80. The Morgan fingerprint density at radius 3 is 2.09 bits per heavy atom. The molecule has 0 atom stereocenters. The second kappa shape index (κ2) is 6.71. The van der Waals surface area contributed by atoms with Crippen molar-refractivity contribution >= 4 is 40.2 Å². The van der Waals surface area contributed by atoms with Gasteiger partial charge in [0.15, 0.2) is 0 Å². The van der Waals surface area contributed by atoms with Crippen molar-refractivity contribution in [3.63, 3.8) is 0 Å². The van der Waals surface area contributed by atoms with E-state index >= 15 is 0 Å². The molecule has 0 saturated heterocycles. The molecule has 11 heavy (non-hydrogen) atoms. The van der Waals surface area contributed by atoms with Crippen molar-refractivity contribution in [2.45, 2.75) is 13.3 Å². The van der Waals surface area contributed by atoms with Crippen LogP contribution in [0.1, 0.15) is 12.5 Å². The Morgan fingerprint density at radius 2 is 1.73 bits per heavy atom. The summed E-state index contributed by atoms with van der Waals surface area (Å²) in [5.41, 5.74) is 1.52. The van der Waals surface area contributed by atoms with Crippen LogP contribution < -0.4 is 5.19 Å². The van der Waals surface area contributed by atoms with Gasteiger partial charge in [-0.05, 0) is 6.42 Å². The van der Waals surface area contributed by atoms with E-state index in [1.54, 1.807) is 5.19 Å². The summed E-state index contributed by atoms with van der Waals surface area (Å²) in [6.07, 6.45) is 1.18. The molecule has 0 amide bonds. The van der Waals surface area contributed by atoms with Gasteiger partial charge in [0.2, 0.25) is 0 Å². The molecule has 64 valence electrons. The maximum atomic E-state index is 2.21. The van der Waals surface area contributed by atoms with Crippen LogP contribution in [0.2, 0.25) is 0 Å². The molecule has 0 unspecified atom stereocenters. The summed E-state index contributed by atoms with van der Waals surface area (Å²) in [4.78, 5) is 0. The van der Waals surface area contributed by atoms with Gasteiger partial charge in [0.1, 0.15) is 0 Å². The lowest BCUT2D eigenvalue weighted by molar-refractivity contribution is 1.15. The van der Waals surface area contributed by atoms with E-state index in [0.717, 1.165) is 0 Å². The molecule has 0 heterocycles. The summed E-state index contributed by atoms with van der Waals surface area (Å²) in [6.45, 7) is 2.21. The Hall–Kier alpha value is 0.0169. The van der Waals surface area contributed by atoms with E-state index in [1.165, 1.54) is 22.2 Å². The molecule has 0 radical (unpaired) electrons. The van der Waals surface area contributed by atoms with Crippen molar-refractivity contribution in [1.29, 1.82) is 0 Å². The molecule has 0 aliphatic carbocycles. The summed E-state index contributed by atoms with van der Waals surface area (Å²) in [5, 5.41) is 1.54. The molecule has 1 aromatic rings. The van der Waals surface area contributed by atoms with Crippen molar-refractivity contribution < 1.29 is 0 Å². The number of rotatable bonds is 1. The van der Waals surface area contributed by atoms with Crippen LogP contribution in [-0.2, 0) is 6.42 Å². The lowest BCUT2D eigenvalue weighted by Gasteiger charge is -1.98. The number of halogens is 2. The van der Waals surface area contributed by atoms with Crippen LogP contribution in [0.5, 0.6) is 0 Å². The van der Waals surface area contributed by atoms with Crippen LogP contribution in [0, 0.1) is 0 Å². The summed E-state index contributed by atoms with van der Waals surface area (Å²) in [6, 6.07) is 8.65. The average molecular weight is 209 g/mol. The molecular formula is C8H14Cl2Si. The zero-order valence-electron chi connectivity index (χ0n) is 6.83. The summed E-state index contributed by atoms with van der Waals surface area (Å²) >= 11 is 0. The second-order valence-corrected chi connectivity index (χ2v) is 3.36. The van der Waals surface area contributed by atoms with Crippen LogP contribution >= 0.6 is 24.8 Å². The van der Waals surface area contributed by atoms with Gasteiger partial charge in [-0.3, -0.25) is 0 Å². The summed E-state index contributed by atoms with van der Waals surface area (Å²) in [5.74, 6) is 0. The Balaban J connectivity index is 0. The lowest BCUT2D eigenvalue weighted by Crippen LogP contribution is -2.07. The predicted molar refractivity (Wildman–Crippen MR) is 59.9 cm³/mol. The highest BCUT2D eigenvalue weighted by atomic mass is 35.5. The van der Waals surface area contributed by atoms with E-state index in [9.17, 15) is 0 Å². The minimum absolute atomic E-state index is 0. The molecule has 1 aromatic carbocycles. The first-order valence-electron chi connectivity index (χ1n) is 3.39. The highest BCUT2D eigenvalue weighted by molar-refractivity contribution is 6.33. The fraction of sp³-hybridized carbons (Fsp3) is 0.250. The fourth-order valence-corrected chi connectivity index (χ4v) is 1.72. The van der Waals surface area contributed by atoms with E-state index < -0.39 is 0 Å². The minimum Gasteiger partial charge on any atom is -0.147 e. The summed E-state index contributed by atoms with van der Waals surface area (Å²) < 4.78 is 0. The fourth-order valence-electron chi connectivity index (χ4n) is 1.01. The standard InChI is InChI=1S/C8H12Si.2ClH/c1-2-7-5-3-4-6-8(7)9;;/h3-6H,2H2,1,9H3;2*1H. The highest BCUT2D eigenvalue weighted by Gasteiger charge is 1.89. The predicted octanol–water partition coefficient (Wildman–Crippen LogP) is 1.08. The molecule has 0 aliphatic heterocycles. The van der Waals surface area contributed by atoms with Gasteiger partial charge in [0.25, 0.3) is 0 Å². The van der Waals surface area contributed by atoms with Crippen molar-refractivity contribution in [1.82, 2.24) is 0 Å². The zero-order valence-corrected chi connectivity index (χ0v) is 10.5. The monoisotopic (exact) mass is 208 g/mol. The first-order chi connectivity index (χ1) is 4.34. The molecule has 0 N–H and O–H groups in total. The van der Waals surface area contributed by atoms with Gasteiger partial charge in [0, 0.05) is 10.2 Å². The number of hydrogen-bond donors (Lipinski definition) is 0. The molecule has 0 nitrogen and oxygen atoms in total. The number of aryl methyl sites for hydroxylation is 1. The van der Waals surface area contributed by atoms with Gasteiger partial charge in [-0.2, -0.15) is 0 Å². The molecule has 1 rings (SSSR count). The SMILES string of the molecule is CCc1ccccc1[SiH3].Cl.Cl. The van der Waals surface area contributed by atoms with Gasteiger partial charge in [0.05, 0.1) is 0 Å². The maximum absolute atomic E-state index is 2.21. The molecule has 0 saturated carbocycles. The maximum Gasteiger partial charge on any atom is 0.0388 e. The molecule has 3 heteroatoms. The molecule has 0 aromatic heterocycles. The first-order valence-corrected chi connectivity index (χ1v) is 4.39. The smallest absolute Gasteiger partial charge is 0.0388 e. The third-order valence-corrected chi connectivity index (χ3v) is 2.62. The molecule has 0 spiro atoms. The minimum atomic E-state index is 0. The Kier molecular flexibility index (Phi) is 8.29. The van der Waals surface area contributed by atoms with Crippen molar-refractivity contribution in [2.75, 3.05) is 0 Å². The Morgan fingerprint density at radius 1 is 1.18 bits per heavy atom. The quantitative estimate of drug-likeness (QED) is 0.607. The van der Waals surface area contributed by atoms with Crippen molar-refractivity contribution in [3.05, 3.63) is 29.8 Å². The first kappa shape index (κ1) is 13.6. The normalized spacial score (nSPS) is 8.09. The molecule has 0 fully saturated rings. The Bertz CT molecular complexity index is 201. The van der Waals surface area contributed by atoms with E-state index in [-0.39, 0.29) is 24.8 Å². The largest absolute Gasteiger partial charge is 0.147 e. The van der Waals surface area contributed by atoms with E-state index in [1.807, 2.05) is 0 Å². The van der Waals surface area contributed by atoms with Gasteiger partial charge >= 0.3 is 0 Å². The van der Waals surface area contributed by atoms with E-state index in [4.69, 9.17) is 0 Å². The van der Waals surface area contributed by atoms with Crippen LogP contribution in [-0.4, -0.2) is 10.2 Å². The lowest BCUT2D eigenvalue weighted by atomic mass is 10.2. The zero-order chi connectivity index (χ0) is 6.69. The van der Waals surface area contributed by atoms with E-state index in [0.29, 0.717) is 0 Å². The van der Waals surface area contributed by atoms with Crippen molar-refractivity contribution in [2.24, 2.45) is 0 Å². The average Bonchev–Trinajstić information content (AvgIpc) is 1.89. The molecular weight excluding hydrogens is 195 g/mol. The Labute approximate surface area is 83.6 Å². The van der Waals surface area contributed by atoms with Gasteiger partial charge in [-0.15, -0.1) is 24.8 Å². The van der Waals surface area contributed by atoms with Gasteiger partial charge in [-0.1, -0.05) is 41.9 Å². The van der Waals surface area contributed by atoms with Gasteiger partial charge < -0.3 is 0 Å². The second-order valence-electron chi connectivity index (χ2n) is 2.28. The van der Waals surface area contributed by atoms with Crippen LogP contribution in [0.4, 0.5) is 0 Å². The number of benzene rings is 1. The van der Waals surface area contributed by atoms with Crippen LogP contribution in [0.3, 0.4) is 0 Å². The highest BCUT2D eigenvalue weighted by Crippen LogP contribution is 1.93. The summed E-state index contributed by atoms with van der Waals surface area (Å²) in [7, 11) is 1.19. The topological polar surface area (TPSA) is 0 Å². The van der Waals surface area contributed by atoms with Crippen molar-refractivity contribution in [3.8, 4) is 0 Å². The van der Waals surface area contributed by atoms with Gasteiger partial charge in [-0.25, -0.2) is 0 Å². The third-order valence-electron chi connectivity index (χ3n) is 1.64. The molecule has 0 aliphatic rings. The number of hydrogen-bond acceptors (Lipinski definition) is 0. The van der Waals surface area contributed by atoms with E-state index in [2.05, 4.69) is 31.2 Å². The van der Waals surface area contributed by atoms with Crippen LogP contribution in [0.25, 0.3) is 0 Å². The van der Waals surface area contributed by atoms with Crippen LogP contribution in [0.15, 0.2) is 24.3 Å².